The zero-order valence-corrected chi connectivity index (χ0v) is 20.3. The molecule has 2 aliphatic rings. The molecule has 2 fully saturated rings. The number of hydrogen-bond donors (Lipinski definition) is 1. The first kappa shape index (κ1) is 22.8. The standard InChI is InChI=1S/C24H31N7O2S/c1-33-20-12-6-5-11-19(20)30-23(29-15-7-2-8-16-29)27-28-24(30)34-17-22(32)26-21-13-14-25-31(21)18-9-3-4-10-18/h5-6,11-14,18H,2-4,7-10,15-17H2,1H3,(H,26,32). The molecule has 3 heterocycles. The normalized spacial score (nSPS) is 16.7. The molecule has 1 N–H and O–H groups in total. The summed E-state index contributed by atoms with van der Waals surface area (Å²) in [7, 11) is 1.66. The highest BCUT2D eigenvalue weighted by atomic mass is 32.2. The molecule has 180 valence electrons. The molecule has 1 saturated carbocycles. The van der Waals surface area contributed by atoms with Gasteiger partial charge in [-0.1, -0.05) is 36.7 Å². The van der Waals surface area contributed by atoms with Gasteiger partial charge in [0.15, 0.2) is 5.16 Å². The van der Waals surface area contributed by atoms with Crippen LogP contribution in [0, 0.1) is 0 Å². The Labute approximate surface area is 203 Å². The molecule has 9 nitrogen and oxygen atoms in total. The van der Waals surface area contributed by atoms with E-state index in [9.17, 15) is 4.79 Å². The van der Waals surface area contributed by atoms with Gasteiger partial charge in [-0.3, -0.25) is 9.36 Å². The molecule has 34 heavy (non-hydrogen) atoms. The fourth-order valence-electron chi connectivity index (χ4n) is 4.84. The molecule has 1 aliphatic heterocycles. The first-order chi connectivity index (χ1) is 16.7. The number of nitrogens with zero attached hydrogens (tertiary/aromatic N) is 6. The van der Waals surface area contributed by atoms with E-state index >= 15 is 0 Å². The Morgan fingerprint density at radius 3 is 2.68 bits per heavy atom. The van der Waals surface area contributed by atoms with Crippen molar-refractivity contribution in [1.29, 1.82) is 0 Å². The number of carbonyl (C=O) groups excluding carboxylic acids is 1. The number of benzene rings is 1. The van der Waals surface area contributed by atoms with Gasteiger partial charge in [0.2, 0.25) is 11.9 Å². The first-order valence-electron chi connectivity index (χ1n) is 12.0. The van der Waals surface area contributed by atoms with Gasteiger partial charge in [-0.15, -0.1) is 10.2 Å². The Morgan fingerprint density at radius 1 is 1.09 bits per heavy atom. The lowest BCUT2D eigenvalue weighted by Gasteiger charge is -2.28. The maximum absolute atomic E-state index is 12.9. The van der Waals surface area contributed by atoms with E-state index in [0.717, 1.165) is 62.0 Å². The van der Waals surface area contributed by atoms with E-state index in [1.54, 1.807) is 13.3 Å². The Balaban J connectivity index is 1.35. The summed E-state index contributed by atoms with van der Waals surface area (Å²) in [4.78, 5) is 15.1. The fraction of sp³-hybridized carbons (Fsp3) is 0.500. The molecule has 1 aliphatic carbocycles. The van der Waals surface area contributed by atoms with Gasteiger partial charge in [0.1, 0.15) is 11.6 Å². The summed E-state index contributed by atoms with van der Waals surface area (Å²) in [6, 6.07) is 10.1. The Bertz CT molecular complexity index is 1120. The number of piperidine rings is 1. The van der Waals surface area contributed by atoms with Crippen LogP contribution in [-0.2, 0) is 4.79 Å². The topological polar surface area (TPSA) is 90.1 Å². The summed E-state index contributed by atoms with van der Waals surface area (Å²) in [5.41, 5.74) is 0.873. The van der Waals surface area contributed by atoms with Crippen LogP contribution in [0.3, 0.4) is 0 Å². The Morgan fingerprint density at radius 2 is 1.88 bits per heavy atom. The molecule has 0 atom stereocenters. The highest BCUT2D eigenvalue weighted by Crippen LogP contribution is 2.33. The number of para-hydroxylation sites is 2. The number of carbonyl (C=O) groups is 1. The van der Waals surface area contributed by atoms with Crippen LogP contribution in [0.25, 0.3) is 5.69 Å². The van der Waals surface area contributed by atoms with E-state index in [0.29, 0.717) is 11.2 Å². The van der Waals surface area contributed by atoms with E-state index in [-0.39, 0.29) is 11.7 Å². The largest absolute Gasteiger partial charge is 0.495 e. The fourth-order valence-corrected chi connectivity index (χ4v) is 5.58. The van der Waals surface area contributed by atoms with Crippen molar-refractivity contribution in [2.45, 2.75) is 56.1 Å². The van der Waals surface area contributed by atoms with Crippen molar-refractivity contribution in [3.8, 4) is 11.4 Å². The van der Waals surface area contributed by atoms with Crippen molar-refractivity contribution >= 4 is 29.4 Å². The number of nitrogens with one attached hydrogen (secondary N) is 1. The molecule has 0 bridgehead atoms. The summed E-state index contributed by atoms with van der Waals surface area (Å²) in [5, 5.41) is 17.2. The van der Waals surface area contributed by atoms with Gasteiger partial charge in [0, 0.05) is 19.2 Å². The SMILES string of the molecule is COc1ccccc1-n1c(SCC(=O)Nc2ccnn2C2CCCC2)nnc1N1CCCCC1. The third-order valence-electron chi connectivity index (χ3n) is 6.52. The molecule has 1 amide bonds. The number of ether oxygens (including phenoxy) is 1. The minimum absolute atomic E-state index is 0.0844. The van der Waals surface area contributed by atoms with Gasteiger partial charge in [0.05, 0.1) is 30.8 Å². The average Bonchev–Trinajstić information content (AvgIpc) is 3.64. The summed E-state index contributed by atoms with van der Waals surface area (Å²) in [6.07, 6.45) is 9.91. The zero-order chi connectivity index (χ0) is 23.3. The quantitative estimate of drug-likeness (QED) is 0.480. The molecule has 0 radical (unpaired) electrons. The van der Waals surface area contributed by atoms with Crippen molar-refractivity contribution in [2.75, 3.05) is 36.2 Å². The molecule has 0 spiro atoms. The lowest BCUT2D eigenvalue weighted by molar-refractivity contribution is -0.113. The molecule has 0 unspecified atom stereocenters. The van der Waals surface area contributed by atoms with Gasteiger partial charge < -0.3 is 15.0 Å². The zero-order valence-electron chi connectivity index (χ0n) is 19.5. The van der Waals surface area contributed by atoms with Gasteiger partial charge in [0.25, 0.3) is 0 Å². The first-order valence-corrected chi connectivity index (χ1v) is 13.0. The van der Waals surface area contributed by atoms with Gasteiger partial charge in [-0.2, -0.15) is 5.10 Å². The summed E-state index contributed by atoms with van der Waals surface area (Å²) in [6.45, 7) is 1.90. The highest BCUT2D eigenvalue weighted by molar-refractivity contribution is 7.99. The molecular formula is C24H31N7O2S. The predicted molar refractivity (Wildman–Crippen MR) is 133 cm³/mol. The number of thioether (sulfide) groups is 1. The minimum Gasteiger partial charge on any atom is -0.495 e. The lowest BCUT2D eigenvalue weighted by Crippen LogP contribution is -2.31. The maximum Gasteiger partial charge on any atom is 0.235 e. The molecule has 2 aromatic heterocycles. The van der Waals surface area contributed by atoms with Crippen LogP contribution in [0.4, 0.5) is 11.8 Å². The molecular weight excluding hydrogens is 450 g/mol. The van der Waals surface area contributed by atoms with Crippen molar-refractivity contribution in [1.82, 2.24) is 24.5 Å². The third-order valence-corrected chi connectivity index (χ3v) is 7.45. The number of anilines is 2. The third kappa shape index (κ3) is 4.77. The Hall–Kier alpha value is -3.01. The molecule has 5 rings (SSSR count). The second kappa shape index (κ2) is 10.5. The molecule has 1 aromatic carbocycles. The Kier molecular flexibility index (Phi) is 7.03. The smallest absolute Gasteiger partial charge is 0.235 e. The van der Waals surface area contributed by atoms with E-state index in [4.69, 9.17) is 4.74 Å². The van der Waals surface area contributed by atoms with Gasteiger partial charge in [-0.25, -0.2) is 4.68 Å². The van der Waals surface area contributed by atoms with Crippen LogP contribution in [-0.4, -0.2) is 56.4 Å². The van der Waals surface area contributed by atoms with Gasteiger partial charge in [-0.05, 0) is 44.2 Å². The van der Waals surface area contributed by atoms with Crippen LogP contribution >= 0.6 is 11.8 Å². The minimum atomic E-state index is -0.0844. The monoisotopic (exact) mass is 481 g/mol. The van der Waals surface area contributed by atoms with Crippen LogP contribution in [0.1, 0.15) is 51.0 Å². The maximum atomic E-state index is 12.9. The number of aromatic nitrogens is 5. The molecule has 3 aromatic rings. The highest BCUT2D eigenvalue weighted by Gasteiger charge is 2.24. The number of rotatable bonds is 8. The van der Waals surface area contributed by atoms with Crippen LogP contribution in [0.2, 0.25) is 0 Å². The second-order valence-corrected chi connectivity index (χ2v) is 9.72. The van der Waals surface area contributed by atoms with Crippen LogP contribution < -0.4 is 15.0 Å². The predicted octanol–water partition coefficient (Wildman–Crippen LogP) is 4.31. The van der Waals surface area contributed by atoms with E-state index in [1.165, 1.54) is 31.0 Å². The van der Waals surface area contributed by atoms with E-state index < -0.39 is 0 Å². The van der Waals surface area contributed by atoms with Crippen LogP contribution in [0.5, 0.6) is 5.75 Å². The van der Waals surface area contributed by atoms with E-state index in [2.05, 4.69) is 25.5 Å². The van der Waals surface area contributed by atoms with Crippen molar-refractivity contribution in [3.63, 3.8) is 0 Å². The molecule has 1 saturated heterocycles. The van der Waals surface area contributed by atoms with E-state index in [1.807, 2.05) is 39.6 Å². The summed E-state index contributed by atoms with van der Waals surface area (Å²) >= 11 is 1.38. The number of amides is 1. The summed E-state index contributed by atoms with van der Waals surface area (Å²) in [5.74, 6) is 2.44. The van der Waals surface area contributed by atoms with Crippen molar-refractivity contribution in [3.05, 3.63) is 36.5 Å². The van der Waals surface area contributed by atoms with Crippen LogP contribution in [0.15, 0.2) is 41.7 Å². The number of methoxy groups -OCH3 is 1. The molecule has 10 heteroatoms. The summed E-state index contributed by atoms with van der Waals surface area (Å²) < 4.78 is 9.61. The van der Waals surface area contributed by atoms with Crippen molar-refractivity contribution in [2.24, 2.45) is 0 Å². The second-order valence-electron chi connectivity index (χ2n) is 8.77. The average molecular weight is 482 g/mol. The number of hydrogen-bond acceptors (Lipinski definition) is 7. The lowest BCUT2D eigenvalue weighted by atomic mass is 10.1. The van der Waals surface area contributed by atoms with Crippen molar-refractivity contribution < 1.29 is 9.53 Å². The van der Waals surface area contributed by atoms with Gasteiger partial charge >= 0.3 is 0 Å².